The zero-order chi connectivity index (χ0) is 15.9. The molecule has 21 heavy (non-hydrogen) atoms. The fraction of sp³-hybridized carbons (Fsp3) is 0.462. The van der Waals surface area contributed by atoms with Crippen molar-refractivity contribution in [3.63, 3.8) is 0 Å². The summed E-state index contributed by atoms with van der Waals surface area (Å²) < 4.78 is 23.6. The number of nitrogens with zero attached hydrogens (tertiary/aromatic N) is 1. The van der Waals surface area contributed by atoms with Gasteiger partial charge in [-0.25, -0.2) is 13.6 Å². The van der Waals surface area contributed by atoms with Gasteiger partial charge in [-0.3, -0.25) is 4.79 Å². The molecule has 1 aromatic carbocycles. The summed E-state index contributed by atoms with van der Waals surface area (Å²) in [6.45, 7) is 5.42. The van der Waals surface area contributed by atoms with Crippen LogP contribution in [-0.4, -0.2) is 32.3 Å². The summed E-state index contributed by atoms with van der Waals surface area (Å²) in [6, 6.07) is 2.82. The molecule has 0 aromatic heterocycles. The number of hydrogen-bond donors (Lipinski definition) is 1. The summed E-state index contributed by atoms with van der Waals surface area (Å²) in [7, 11) is -3.99. The summed E-state index contributed by atoms with van der Waals surface area (Å²) in [5.74, 6) is 0.526. The molecular formula is C13H16BrClN2O3S. The number of sulfonamides is 1. The minimum Gasteiger partial charge on any atom is -0.338 e. The molecule has 8 heteroatoms. The molecule has 0 aliphatic carbocycles. The number of nitrogens with two attached hydrogens (primary N) is 1. The Morgan fingerprint density at radius 1 is 1.33 bits per heavy atom. The Morgan fingerprint density at radius 3 is 2.33 bits per heavy atom. The highest BCUT2D eigenvalue weighted by Gasteiger charge is 2.32. The van der Waals surface area contributed by atoms with Gasteiger partial charge in [0.1, 0.15) is 4.90 Å². The van der Waals surface area contributed by atoms with Crippen LogP contribution in [0.3, 0.4) is 0 Å². The van der Waals surface area contributed by atoms with Crippen molar-refractivity contribution in [3.05, 3.63) is 27.2 Å². The van der Waals surface area contributed by atoms with Gasteiger partial charge in [0.05, 0.1) is 10.6 Å². The molecule has 1 fully saturated rings. The van der Waals surface area contributed by atoms with Crippen LogP contribution in [-0.2, 0) is 10.0 Å². The number of carbonyl (C=O) groups is 1. The van der Waals surface area contributed by atoms with E-state index >= 15 is 0 Å². The van der Waals surface area contributed by atoms with E-state index in [9.17, 15) is 13.2 Å². The van der Waals surface area contributed by atoms with E-state index in [0.717, 1.165) is 0 Å². The Labute approximate surface area is 137 Å². The monoisotopic (exact) mass is 394 g/mol. The summed E-state index contributed by atoms with van der Waals surface area (Å²) in [5.41, 5.74) is 0.149. The minimum absolute atomic E-state index is 0.127. The molecule has 0 spiro atoms. The predicted molar refractivity (Wildman–Crippen MR) is 84.8 cm³/mol. The molecule has 0 bridgehead atoms. The van der Waals surface area contributed by atoms with Crippen molar-refractivity contribution in [2.75, 3.05) is 13.1 Å². The van der Waals surface area contributed by atoms with E-state index in [1.807, 2.05) is 0 Å². The van der Waals surface area contributed by atoms with Crippen LogP contribution in [0.2, 0.25) is 5.02 Å². The largest absolute Gasteiger partial charge is 0.338 e. The van der Waals surface area contributed by atoms with Crippen LogP contribution in [0, 0.1) is 11.8 Å². The maximum absolute atomic E-state index is 12.6. The second kappa shape index (κ2) is 5.87. The van der Waals surface area contributed by atoms with Crippen molar-refractivity contribution < 1.29 is 13.2 Å². The first-order valence-electron chi connectivity index (χ1n) is 6.42. The molecule has 1 heterocycles. The van der Waals surface area contributed by atoms with Gasteiger partial charge in [-0.15, -0.1) is 0 Å². The first-order chi connectivity index (χ1) is 9.61. The summed E-state index contributed by atoms with van der Waals surface area (Å²) in [4.78, 5) is 14.0. The molecule has 1 aliphatic rings. The molecule has 1 amide bonds. The smallest absolute Gasteiger partial charge is 0.255 e. The summed E-state index contributed by atoms with van der Waals surface area (Å²) in [6.07, 6.45) is 0. The van der Waals surface area contributed by atoms with Crippen molar-refractivity contribution in [3.8, 4) is 0 Å². The van der Waals surface area contributed by atoms with E-state index in [2.05, 4.69) is 29.8 Å². The number of rotatable bonds is 2. The number of benzene rings is 1. The Morgan fingerprint density at radius 2 is 1.86 bits per heavy atom. The molecule has 1 aliphatic heterocycles. The van der Waals surface area contributed by atoms with Gasteiger partial charge in [-0.2, -0.15) is 0 Å². The standard InChI is InChI=1S/C13H16BrClN2O3S/c1-7-5-17(6-8(7)2)13(18)10-3-9(14)4-11(12(10)15)21(16,19)20/h3-4,7-8H,5-6H2,1-2H3,(H2,16,19,20). The average Bonchev–Trinajstić information content (AvgIpc) is 2.70. The van der Waals surface area contributed by atoms with Crippen LogP contribution in [0.4, 0.5) is 0 Å². The molecular weight excluding hydrogens is 380 g/mol. The van der Waals surface area contributed by atoms with Gasteiger partial charge in [0.25, 0.3) is 5.91 Å². The number of carbonyl (C=O) groups excluding carboxylic acids is 1. The van der Waals surface area contributed by atoms with E-state index in [-0.39, 0.29) is 21.4 Å². The topological polar surface area (TPSA) is 80.5 Å². The van der Waals surface area contributed by atoms with Crippen molar-refractivity contribution in [1.29, 1.82) is 0 Å². The van der Waals surface area contributed by atoms with Gasteiger partial charge in [0, 0.05) is 17.6 Å². The second-order valence-corrected chi connectivity index (χ2v) is 8.30. The number of hydrogen-bond acceptors (Lipinski definition) is 3. The maximum atomic E-state index is 12.6. The lowest BCUT2D eigenvalue weighted by Gasteiger charge is -2.18. The van der Waals surface area contributed by atoms with Crippen LogP contribution < -0.4 is 5.14 Å². The van der Waals surface area contributed by atoms with Crippen molar-refractivity contribution in [2.45, 2.75) is 18.7 Å². The molecule has 2 rings (SSSR count). The van der Waals surface area contributed by atoms with Gasteiger partial charge < -0.3 is 4.90 Å². The zero-order valence-electron chi connectivity index (χ0n) is 11.6. The lowest BCUT2D eigenvalue weighted by molar-refractivity contribution is 0.0785. The first kappa shape index (κ1) is 16.7. The third-order valence-corrected chi connectivity index (χ3v) is 5.73. The SMILES string of the molecule is CC1CN(C(=O)c2cc(Br)cc(S(N)(=O)=O)c2Cl)CC1C. The molecule has 2 N–H and O–H groups in total. The quantitative estimate of drug-likeness (QED) is 0.835. The Balaban J connectivity index is 2.45. The highest BCUT2D eigenvalue weighted by molar-refractivity contribution is 9.10. The maximum Gasteiger partial charge on any atom is 0.255 e. The average molecular weight is 396 g/mol. The fourth-order valence-corrected chi connectivity index (χ4v) is 4.17. The molecule has 1 saturated heterocycles. The van der Waals surface area contributed by atoms with E-state index in [1.165, 1.54) is 12.1 Å². The van der Waals surface area contributed by atoms with Gasteiger partial charge in [-0.05, 0) is 24.0 Å². The van der Waals surface area contributed by atoms with Crippen molar-refractivity contribution in [2.24, 2.45) is 17.0 Å². The first-order valence-corrected chi connectivity index (χ1v) is 9.14. The van der Waals surface area contributed by atoms with Crippen molar-refractivity contribution >= 4 is 43.5 Å². The van der Waals surface area contributed by atoms with Crippen LogP contribution >= 0.6 is 27.5 Å². The van der Waals surface area contributed by atoms with Gasteiger partial charge >= 0.3 is 0 Å². The third-order valence-electron chi connectivity index (χ3n) is 3.82. The number of primary sulfonamides is 1. The summed E-state index contributed by atoms with van der Waals surface area (Å²) in [5, 5.41) is 5.01. The lowest BCUT2D eigenvalue weighted by atomic mass is 10.0. The Bertz CT molecular complexity index is 683. The molecule has 5 nitrogen and oxygen atoms in total. The predicted octanol–water partition coefficient (Wildman–Crippen LogP) is 2.48. The molecule has 2 unspecified atom stereocenters. The van der Waals surface area contributed by atoms with Crippen molar-refractivity contribution in [1.82, 2.24) is 4.90 Å². The number of amides is 1. The van der Waals surface area contributed by atoms with Crippen LogP contribution in [0.1, 0.15) is 24.2 Å². The van der Waals surface area contributed by atoms with E-state index in [4.69, 9.17) is 16.7 Å². The van der Waals surface area contributed by atoms with Gasteiger partial charge in [-0.1, -0.05) is 41.4 Å². The van der Waals surface area contributed by atoms with E-state index in [1.54, 1.807) is 4.90 Å². The lowest BCUT2D eigenvalue weighted by Crippen LogP contribution is -2.29. The molecule has 2 atom stereocenters. The van der Waals surface area contributed by atoms with Gasteiger partial charge in [0.15, 0.2) is 0 Å². The number of halogens is 2. The number of likely N-dealkylation sites (tertiary alicyclic amines) is 1. The van der Waals surface area contributed by atoms with E-state index in [0.29, 0.717) is 29.4 Å². The summed E-state index contributed by atoms with van der Waals surface area (Å²) >= 11 is 9.27. The van der Waals surface area contributed by atoms with E-state index < -0.39 is 10.0 Å². The highest BCUT2D eigenvalue weighted by atomic mass is 79.9. The van der Waals surface area contributed by atoms with Crippen LogP contribution in [0.25, 0.3) is 0 Å². The molecule has 0 radical (unpaired) electrons. The van der Waals surface area contributed by atoms with Crippen LogP contribution in [0.15, 0.2) is 21.5 Å². The highest BCUT2D eigenvalue weighted by Crippen LogP contribution is 2.32. The molecule has 0 saturated carbocycles. The zero-order valence-corrected chi connectivity index (χ0v) is 14.8. The third kappa shape index (κ3) is 3.41. The van der Waals surface area contributed by atoms with Gasteiger partial charge in [0.2, 0.25) is 10.0 Å². The molecule has 1 aromatic rings. The molecule has 116 valence electrons. The fourth-order valence-electron chi connectivity index (χ4n) is 2.39. The Hall–Kier alpha value is -0.630. The Kier molecular flexibility index (Phi) is 4.68. The second-order valence-electron chi connectivity index (χ2n) is 5.48. The van der Waals surface area contributed by atoms with Crippen LogP contribution in [0.5, 0.6) is 0 Å². The minimum atomic E-state index is -3.99. The normalized spacial score (nSPS) is 22.6.